The van der Waals surface area contributed by atoms with Crippen LogP contribution in [0.5, 0.6) is 0 Å². The summed E-state index contributed by atoms with van der Waals surface area (Å²) < 4.78 is 13.0. The molecule has 0 aliphatic carbocycles. The van der Waals surface area contributed by atoms with Crippen LogP contribution in [0.4, 0.5) is 10.1 Å². The van der Waals surface area contributed by atoms with Crippen LogP contribution in [0, 0.1) is 11.7 Å². The Morgan fingerprint density at radius 3 is 2.69 bits per heavy atom. The number of halogens is 1. The number of carbonyl (C=O) groups is 2. The van der Waals surface area contributed by atoms with Gasteiger partial charge in [-0.25, -0.2) is 4.39 Å². The van der Waals surface area contributed by atoms with Crippen molar-refractivity contribution >= 4 is 17.4 Å². The lowest BCUT2D eigenvalue weighted by atomic mass is 9.96. The van der Waals surface area contributed by atoms with Crippen LogP contribution in [0.25, 0.3) is 0 Å². The normalized spacial score (nSPS) is 17.7. The Balaban J connectivity index is 1.60. The third-order valence-electron chi connectivity index (χ3n) is 4.73. The molecule has 3 rings (SSSR count). The lowest BCUT2D eigenvalue weighted by Gasteiger charge is -2.32. The Morgan fingerprint density at radius 1 is 1.19 bits per heavy atom. The molecule has 1 saturated heterocycles. The topological polar surface area (TPSA) is 49.4 Å². The molecule has 0 saturated carbocycles. The fraction of sp³-hybridized carbons (Fsp3) is 0.333. The number of anilines is 1. The molecule has 0 spiro atoms. The minimum absolute atomic E-state index is 0.0190. The van der Waals surface area contributed by atoms with E-state index in [9.17, 15) is 14.0 Å². The number of Topliss-reactive ketones (excluding diaryl/α,β-unsaturated/α-hetero) is 1. The van der Waals surface area contributed by atoms with E-state index in [1.165, 1.54) is 19.1 Å². The number of hydrogen-bond acceptors (Lipinski definition) is 3. The molecule has 1 aliphatic rings. The molecular formula is C21H23FN2O2. The molecule has 4 nitrogen and oxygen atoms in total. The van der Waals surface area contributed by atoms with E-state index in [1.807, 2.05) is 0 Å². The summed E-state index contributed by atoms with van der Waals surface area (Å²) in [6, 6.07) is 13.5. The maximum atomic E-state index is 13.0. The van der Waals surface area contributed by atoms with E-state index in [0.717, 1.165) is 24.9 Å². The molecule has 0 aromatic heterocycles. The first-order chi connectivity index (χ1) is 12.5. The fourth-order valence-corrected chi connectivity index (χ4v) is 3.32. The number of hydrogen-bond donors (Lipinski definition) is 1. The molecule has 0 radical (unpaired) electrons. The number of likely N-dealkylation sites (tertiary alicyclic amines) is 1. The zero-order chi connectivity index (χ0) is 18.5. The van der Waals surface area contributed by atoms with Gasteiger partial charge in [-0.3, -0.25) is 14.5 Å². The van der Waals surface area contributed by atoms with Crippen LogP contribution < -0.4 is 5.32 Å². The predicted molar refractivity (Wildman–Crippen MR) is 99.5 cm³/mol. The van der Waals surface area contributed by atoms with E-state index in [4.69, 9.17) is 0 Å². The van der Waals surface area contributed by atoms with Crippen molar-refractivity contribution in [3.05, 3.63) is 65.5 Å². The number of benzene rings is 2. The monoisotopic (exact) mass is 354 g/mol. The van der Waals surface area contributed by atoms with Crippen molar-refractivity contribution in [2.24, 2.45) is 5.92 Å². The van der Waals surface area contributed by atoms with Crippen molar-refractivity contribution in [1.29, 1.82) is 0 Å². The van der Waals surface area contributed by atoms with Gasteiger partial charge in [0.2, 0.25) is 5.91 Å². The van der Waals surface area contributed by atoms with Gasteiger partial charge < -0.3 is 5.32 Å². The lowest BCUT2D eigenvalue weighted by Crippen LogP contribution is -2.40. The highest BCUT2D eigenvalue weighted by atomic mass is 19.1. The van der Waals surface area contributed by atoms with Gasteiger partial charge in [-0.05, 0) is 56.1 Å². The number of rotatable bonds is 5. The Morgan fingerprint density at radius 2 is 1.96 bits per heavy atom. The summed E-state index contributed by atoms with van der Waals surface area (Å²) in [6.45, 7) is 3.83. The highest BCUT2D eigenvalue weighted by Crippen LogP contribution is 2.21. The lowest BCUT2D eigenvalue weighted by molar-refractivity contribution is -0.121. The molecule has 5 heteroatoms. The fourth-order valence-electron chi connectivity index (χ4n) is 3.32. The van der Waals surface area contributed by atoms with Crippen molar-refractivity contribution in [3.63, 3.8) is 0 Å². The number of piperidine rings is 1. The third-order valence-corrected chi connectivity index (χ3v) is 4.73. The van der Waals surface area contributed by atoms with Crippen molar-refractivity contribution in [1.82, 2.24) is 4.90 Å². The molecule has 1 aliphatic heterocycles. The van der Waals surface area contributed by atoms with E-state index in [2.05, 4.69) is 10.2 Å². The molecule has 1 heterocycles. The second-order valence-electron chi connectivity index (χ2n) is 6.83. The van der Waals surface area contributed by atoms with Crippen LogP contribution in [0.3, 0.4) is 0 Å². The van der Waals surface area contributed by atoms with E-state index in [-0.39, 0.29) is 23.4 Å². The third kappa shape index (κ3) is 4.76. The zero-order valence-electron chi connectivity index (χ0n) is 14.9. The molecule has 0 bridgehead atoms. The number of amides is 1. The second kappa shape index (κ2) is 8.23. The first kappa shape index (κ1) is 18.3. The predicted octanol–water partition coefficient (Wildman–Crippen LogP) is 3.88. The Bertz CT molecular complexity index is 789. The quantitative estimate of drug-likeness (QED) is 0.829. The van der Waals surface area contributed by atoms with Crippen molar-refractivity contribution in [2.75, 3.05) is 18.4 Å². The smallest absolute Gasteiger partial charge is 0.228 e. The number of carbonyl (C=O) groups excluding carboxylic acids is 2. The average Bonchev–Trinajstić information content (AvgIpc) is 2.64. The Labute approximate surface area is 153 Å². The van der Waals surface area contributed by atoms with Gasteiger partial charge in [-0.15, -0.1) is 0 Å². The number of nitrogens with one attached hydrogen (secondary N) is 1. The molecule has 1 unspecified atom stereocenters. The first-order valence-electron chi connectivity index (χ1n) is 8.90. The zero-order valence-corrected chi connectivity index (χ0v) is 14.9. The van der Waals surface area contributed by atoms with Crippen LogP contribution in [0.2, 0.25) is 0 Å². The molecule has 136 valence electrons. The highest BCUT2D eigenvalue weighted by molar-refractivity contribution is 5.97. The van der Waals surface area contributed by atoms with Crippen molar-refractivity contribution in [3.8, 4) is 0 Å². The minimum Gasteiger partial charge on any atom is -0.326 e. The van der Waals surface area contributed by atoms with Gasteiger partial charge >= 0.3 is 0 Å². The van der Waals surface area contributed by atoms with Gasteiger partial charge in [0.05, 0.1) is 5.92 Å². The molecule has 1 N–H and O–H groups in total. The van der Waals surface area contributed by atoms with Gasteiger partial charge in [0, 0.05) is 24.3 Å². The number of ketones is 1. The first-order valence-corrected chi connectivity index (χ1v) is 8.90. The van der Waals surface area contributed by atoms with Gasteiger partial charge in [-0.2, -0.15) is 0 Å². The minimum atomic E-state index is -0.238. The summed E-state index contributed by atoms with van der Waals surface area (Å²) in [6.07, 6.45) is 1.80. The summed E-state index contributed by atoms with van der Waals surface area (Å²) in [5, 5.41) is 2.93. The van der Waals surface area contributed by atoms with Crippen LogP contribution in [0.1, 0.15) is 35.7 Å². The molecule has 2 aromatic rings. The average molecular weight is 354 g/mol. The molecule has 1 amide bonds. The van der Waals surface area contributed by atoms with Gasteiger partial charge in [0.25, 0.3) is 0 Å². The molecule has 26 heavy (non-hydrogen) atoms. The van der Waals surface area contributed by atoms with E-state index in [0.29, 0.717) is 24.3 Å². The van der Waals surface area contributed by atoms with E-state index >= 15 is 0 Å². The van der Waals surface area contributed by atoms with Crippen LogP contribution in [0.15, 0.2) is 48.5 Å². The maximum absolute atomic E-state index is 13.0. The van der Waals surface area contributed by atoms with Crippen LogP contribution >= 0.6 is 0 Å². The van der Waals surface area contributed by atoms with Gasteiger partial charge in [0.1, 0.15) is 5.82 Å². The molecule has 1 atom stereocenters. The Kier molecular flexibility index (Phi) is 5.78. The van der Waals surface area contributed by atoms with Crippen LogP contribution in [-0.2, 0) is 11.3 Å². The molecule has 2 aromatic carbocycles. The van der Waals surface area contributed by atoms with Crippen LogP contribution in [-0.4, -0.2) is 29.7 Å². The Hall–Kier alpha value is -2.53. The highest BCUT2D eigenvalue weighted by Gasteiger charge is 2.26. The summed E-state index contributed by atoms with van der Waals surface area (Å²) in [5.74, 6) is -0.374. The summed E-state index contributed by atoms with van der Waals surface area (Å²) >= 11 is 0. The summed E-state index contributed by atoms with van der Waals surface area (Å²) in [5.41, 5.74) is 2.28. The SMILES string of the molecule is CC(=O)c1cccc(NC(=O)C2CCCN(Cc3ccc(F)cc3)C2)c1. The van der Waals surface area contributed by atoms with E-state index in [1.54, 1.807) is 36.4 Å². The standard InChI is InChI=1S/C21H23FN2O2/c1-15(25)17-4-2-6-20(12-17)23-21(26)18-5-3-11-24(14-18)13-16-7-9-19(22)10-8-16/h2,4,6-10,12,18H,3,5,11,13-14H2,1H3,(H,23,26). The summed E-state index contributed by atoms with van der Waals surface area (Å²) in [4.78, 5) is 26.3. The number of nitrogens with zero attached hydrogens (tertiary/aromatic N) is 1. The van der Waals surface area contributed by atoms with Gasteiger partial charge in [-0.1, -0.05) is 24.3 Å². The van der Waals surface area contributed by atoms with Crippen molar-refractivity contribution < 1.29 is 14.0 Å². The summed E-state index contributed by atoms with van der Waals surface area (Å²) in [7, 11) is 0. The molecule has 1 fully saturated rings. The van der Waals surface area contributed by atoms with Crippen molar-refractivity contribution in [2.45, 2.75) is 26.3 Å². The maximum Gasteiger partial charge on any atom is 0.228 e. The second-order valence-corrected chi connectivity index (χ2v) is 6.83. The largest absolute Gasteiger partial charge is 0.326 e. The van der Waals surface area contributed by atoms with E-state index < -0.39 is 0 Å². The van der Waals surface area contributed by atoms with Gasteiger partial charge in [0.15, 0.2) is 5.78 Å². The molecular weight excluding hydrogens is 331 g/mol.